The van der Waals surface area contributed by atoms with Crippen molar-refractivity contribution in [1.82, 2.24) is 9.97 Å². The third kappa shape index (κ3) is 2.77. The second-order valence-electron chi connectivity index (χ2n) is 4.57. The molecule has 4 nitrogen and oxygen atoms in total. The molecule has 0 aliphatic rings. The van der Waals surface area contributed by atoms with Crippen molar-refractivity contribution in [2.45, 2.75) is 26.7 Å². The lowest BCUT2D eigenvalue weighted by atomic mass is 9.98. The van der Waals surface area contributed by atoms with Crippen LogP contribution in [0.1, 0.15) is 30.9 Å². The molecule has 0 spiro atoms. The first kappa shape index (κ1) is 12.4. The Labute approximate surface area is 107 Å². The van der Waals surface area contributed by atoms with Crippen molar-refractivity contribution in [3.8, 4) is 11.8 Å². The minimum atomic E-state index is 0.306. The van der Waals surface area contributed by atoms with Crippen LogP contribution in [0.4, 0.5) is 5.69 Å². The van der Waals surface area contributed by atoms with E-state index in [-0.39, 0.29) is 0 Å². The van der Waals surface area contributed by atoms with Gasteiger partial charge >= 0.3 is 6.01 Å². The van der Waals surface area contributed by atoms with Gasteiger partial charge in [0, 0.05) is 0 Å². The summed E-state index contributed by atoms with van der Waals surface area (Å²) < 4.78 is 5.57. The lowest BCUT2D eigenvalue weighted by Gasteiger charge is -2.11. The molecule has 2 aromatic rings. The van der Waals surface area contributed by atoms with Gasteiger partial charge in [0.05, 0.1) is 18.1 Å². The van der Waals surface area contributed by atoms with Crippen LogP contribution < -0.4 is 10.5 Å². The topological polar surface area (TPSA) is 61.0 Å². The van der Waals surface area contributed by atoms with E-state index in [2.05, 4.69) is 36.8 Å². The average molecular weight is 243 g/mol. The fourth-order valence-corrected chi connectivity index (χ4v) is 1.84. The van der Waals surface area contributed by atoms with Gasteiger partial charge in [-0.1, -0.05) is 19.9 Å². The van der Waals surface area contributed by atoms with Crippen molar-refractivity contribution >= 4 is 5.69 Å². The molecule has 94 valence electrons. The molecule has 0 bridgehead atoms. The van der Waals surface area contributed by atoms with Gasteiger partial charge in [0.15, 0.2) is 0 Å². The minimum absolute atomic E-state index is 0.306. The summed E-state index contributed by atoms with van der Waals surface area (Å²) in [5, 5.41) is 0. The monoisotopic (exact) mass is 243 g/mol. The standard InChI is InChI=1S/C14H17N3O/c1-9(2)13-5-4-12(6-10(13)3)18-14-16-7-11(15)8-17-14/h4-9H,15H2,1-3H3. The highest BCUT2D eigenvalue weighted by Crippen LogP contribution is 2.25. The molecular weight excluding hydrogens is 226 g/mol. The van der Waals surface area contributed by atoms with Crippen LogP contribution in [-0.4, -0.2) is 9.97 Å². The molecule has 0 saturated heterocycles. The largest absolute Gasteiger partial charge is 0.424 e. The van der Waals surface area contributed by atoms with Gasteiger partial charge < -0.3 is 10.5 Å². The molecule has 1 aromatic heterocycles. The van der Waals surface area contributed by atoms with Crippen molar-refractivity contribution in [1.29, 1.82) is 0 Å². The second-order valence-corrected chi connectivity index (χ2v) is 4.57. The molecule has 0 aliphatic heterocycles. The Balaban J connectivity index is 2.20. The Morgan fingerprint density at radius 3 is 2.39 bits per heavy atom. The number of benzene rings is 1. The lowest BCUT2D eigenvalue weighted by molar-refractivity contribution is 0.441. The Bertz CT molecular complexity index is 535. The number of nitrogens with two attached hydrogens (primary N) is 1. The Morgan fingerprint density at radius 1 is 1.17 bits per heavy atom. The molecule has 0 atom stereocenters. The van der Waals surface area contributed by atoms with Crippen molar-refractivity contribution in [2.75, 3.05) is 5.73 Å². The van der Waals surface area contributed by atoms with Crippen molar-refractivity contribution in [3.05, 3.63) is 41.7 Å². The van der Waals surface area contributed by atoms with Gasteiger partial charge in [0.1, 0.15) is 5.75 Å². The van der Waals surface area contributed by atoms with Crippen LogP contribution in [0.5, 0.6) is 11.8 Å². The maximum absolute atomic E-state index is 5.57. The molecule has 1 aromatic carbocycles. The van der Waals surface area contributed by atoms with Crippen LogP contribution in [0, 0.1) is 6.92 Å². The maximum Gasteiger partial charge on any atom is 0.322 e. The second kappa shape index (κ2) is 5.04. The number of rotatable bonds is 3. The zero-order valence-electron chi connectivity index (χ0n) is 10.8. The molecule has 1 heterocycles. The summed E-state index contributed by atoms with van der Waals surface area (Å²) in [6.07, 6.45) is 3.05. The molecule has 2 rings (SSSR count). The van der Waals surface area contributed by atoms with E-state index in [4.69, 9.17) is 10.5 Å². The van der Waals surface area contributed by atoms with E-state index in [0.29, 0.717) is 17.6 Å². The Hall–Kier alpha value is -2.10. The zero-order chi connectivity index (χ0) is 13.1. The summed E-state index contributed by atoms with van der Waals surface area (Å²) in [5.74, 6) is 1.24. The molecule has 4 heteroatoms. The SMILES string of the molecule is Cc1cc(Oc2ncc(N)cn2)ccc1C(C)C. The van der Waals surface area contributed by atoms with Crippen LogP contribution in [0.2, 0.25) is 0 Å². The molecule has 0 amide bonds. The van der Waals surface area contributed by atoms with Crippen LogP contribution in [0.3, 0.4) is 0 Å². The van der Waals surface area contributed by atoms with Gasteiger partial charge in [-0.15, -0.1) is 0 Å². The molecular formula is C14H17N3O. The highest BCUT2D eigenvalue weighted by molar-refractivity contribution is 5.38. The first-order valence-corrected chi connectivity index (χ1v) is 5.92. The number of hydrogen-bond donors (Lipinski definition) is 1. The lowest BCUT2D eigenvalue weighted by Crippen LogP contribution is -1.96. The summed E-state index contributed by atoms with van der Waals surface area (Å²) >= 11 is 0. The van der Waals surface area contributed by atoms with Crippen molar-refractivity contribution < 1.29 is 4.74 Å². The number of nitrogen functional groups attached to an aromatic ring is 1. The summed E-state index contributed by atoms with van der Waals surface area (Å²) in [4.78, 5) is 8.00. The van der Waals surface area contributed by atoms with Crippen LogP contribution in [-0.2, 0) is 0 Å². The van der Waals surface area contributed by atoms with Crippen molar-refractivity contribution in [3.63, 3.8) is 0 Å². The number of aromatic nitrogens is 2. The van der Waals surface area contributed by atoms with Gasteiger partial charge in [-0.3, -0.25) is 0 Å². The first-order chi connectivity index (χ1) is 8.56. The van der Waals surface area contributed by atoms with E-state index < -0.39 is 0 Å². The third-order valence-electron chi connectivity index (χ3n) is 2.72. The fraction of sp³-hybridized carbons (Fsp3) is 0.286. The van der Waals surface area contributed by atoms with E-state index in [1.54, 1.807) is 0 Å². The van der Waals surface area contributed by atoms with Crippen molar-refractivity contribution in [2.24, 2.45) is 0 Å². The predicted molar refractivity (Wildman–Crippen MR) is 71.8 cm³/mol. The highest BCUT2D eigenvalue weighted by atomic mass is 16.5. The van der Waals surface area contributed by atoms with Gasteiger partial charge in [-0.2, -0.15) is 0 Å². The van der Waals surface area contributed by atoms with Gasteiger partial charge in [-0.05, 0) is 36.1 Å². The smallest absolute Gasteiger partial charge is 0.322 e. The third-order valence-corrected chi connectivity index (χ3v) is 2.72. The summed E-state index contributed by atoms with van der Waals surface area (Å²) in [7, 11) is 0. The molecule has 0 unspecified atom stereocenters. The van der Waals surface area contributed by atoms with E-state index in [9.17, 15) is 0 Å². The number of aryl methyl sites for hydroxylation is 1. The maximum atomic E-state index is 5.57. The molecule has 0 saturated carbocycles. The van der Waals surface area contributed by atoms with Crippen LogP contribution in [0.15, 0.2) is 30.6 Å². The van der Waals surface area contributed by atoms with E-state index in [1.807, 2.05) is 12.1 Å². The van der Waals surface area contributed by atoms with E-state index >= 15 is 0 Å². The number of nitrogens with zero attached hydrogens (tertiary/aromatic N) is 2. The zero-order valence-corrected chi connectivity index (χ0v) is 10.8. The number of anilines is 1. The molecule has 0 fully saturated rings. The average Bonchev–Trinajstić information content (AvgIpc) is 2.32. The summed E-state index contributed by atoms with van der Waals surface area (Å²) in [5.41, 5.74) is 8.57. The van der Waals surface area contributed by atoms with Crippen LogP contribution in [0.25, 0.3) is 0 Å². The minimum Gasteiger partial charge on any atom is -0.424 e. The Morgan fingerprint density at radius 2 is 1.83 bits per heavy atom. The molecule has 0 aliphatic carbocycles. The molecule has 0 radical (unpaired) electrons. The molecule has 2 N–H and O–H groups in total. The summed E-state index contributed by atoms with van der Waals surface area (Å²) in [6.45, 7) is 6.42. The first-order valence-electron chi connectivity index (χ1n) is 5.92. The summed E-state index contributed by atoms with van der Waals surface area (Å²) in [6, 6.07) is 6.31. The Kier molecular flexibility index (Phi) is 3.46. The normalized spacial score (nSPS) is 10.7. The molecule has 18 heavy (non-hydrogen) atoms. The van der Waals surface area contributed by atoms with E-state index in [1.165, 1.54) is 23.5 Å². The number of hydrogen-bond acceptors (Lipinski definition) is 4. The van der Waals surface area contributed by atoms with E-state index in [0.717, 1.165) is 5.75 Å². The van der Waals surface area contributed by atoms with Gasteiger partial charge in [0.2, 0.25) is 0 Å². The van der Waals surface area contributed by atoms with Gasteiger partial charge in [0.25, 0.3) is 0 Å². The highest BCUT2D eigenvalue weighted by Gasteiger charge is 2.06. The number of ether oxygens (including phenoxy) is 1. The fourth-order valence-electron chi connectivity index (χ4n) is 1.84. The quantitative estimate of drug-likeness (QED) is 0.898. The van der Waals surface area contributed by atoms with Gasteiger partial charge in [-0.25, -0.2) is 9.97 Å². The predicted octanol–water partition coefficient (Wildman–Crippen LogP) is 3.28. The van der Waals surface area contributed by atoms with Crippen LogP contribution >= 0.6 is 0 Å².